The molecule has 0 bridgehead atoms. The fraction of sp³-hybridized carbons (Fsp3) is 0.273. The molecule has 2 unspecified atom stereocenters. The van der Waals surface area contributed by atoms with E-state index in [1.165, 1.54) is 18.2 Å². The third-order valence-electron chi connectivity index (χ3n) is 5.39. The van der Waals surface area contributed by atoms with Gasteiger partial charge >= 0.3 is 0 Å². The molecule has 3 aromatic rings. The van der Waals surface area contributed by atoms with E-state index >= 15 is 0 Å². The van der Waals surface area contributed by atoms with Gasteiger partial charge in [0.1, 0.15) is 5.82 Å². The average Bonchev–Trinajstić information content (AvgIpc) is 3.17. The van der Waals surface area contributed by atoms with Crippen LogP contribution in [0.5, 0.6) is 0 Å². The van der Waals surface area contributed by atoms with Crippen molar-refractivity contribution in [2.45, 2.75) is 18.4 Å². The van der Waals surface area contributed by atoms with Crippen molar-refractivity contribution in [1.82, 2.24) is 20.4 Å². The molecule has 2 atom stereocenters. The summed E-state index contributed by atoms with van der Waals surface area (Å²) in [6.07, 6.45) is 2.39. The highest BCUT2D eigenvalue weighted by Gasteiger charge is 2.29. The number of hydrogen-bond acceptors (Lipinski definition) is 3. The van der Waals surface area contributed by atoms with E-state index in [9.17, 15) is 18.0 Å². The first kappa shape index (κ1) is 20.2. The van der Waals surface area contributed by atoms with Gasteiger partial charge in [0.25, 0.3) is 5.91 Å². The van der Waals surface area contributed by atoms with E-state index in [0.29, 0.717) is 36.3 Å². The van der Waals surface area contributed by atoms with E-state index < -0.39 is 23.4 Å². The largest absolute Gasteiger partial charge is 0.347 e. The van der Waals surface area contributed by atoms with Gasteiger partial charge in [-0.2, -0.15) is 5.10 Å². The number of nitrogens with one attached hydrogen (secondary N) is 2. The van der Waals surface area contributed by atoms with Crippen LogP contribution in [0.2, 0.25) is 0 Å². The molecule has 30 heavy (non-hydrogen) atoms. The lowest BCUT2D eigenvalue weighted by Crippen LogP contribution is -2.50. The van der Waals surface area contributed by atoms with Gasteiger partial charge < -0.3 is 10.6 Å². The maximum atomic E-state index is 14.7. The molecule has 8 heteroatoms. The second kappa shape index (κ2) is 8.31. The number of aryl methyl sites for hydroxylation is 1. The Labute approximate surface area is 171 Å². The Bertz CT molecular complexity index is 1080. The van der Waals surface area contributed by atoms with Crippen LogP contribution in [0.1, 0.15) is 28.3 Å². The predicted molar refractivity (Wildman–Crippen MR) is 106 cm³/mol. The van der Waals surface area contributed by atoms with Crippen molar-refractivity contribution in [3.63, 3.8) is 0 Å². The molecule has 156 valence electrons. The zero-order chi connectivity index (χ0) is 21.3. The lowest BCUT2D eigenvalue weighted by molar-refractivity contribution is 0.0920. The van der Waals surface area contributed by atoms with Crippen molar-refractivity contribution < 1.29 is 18.0 Å². The quantitative estimate of drug-likeness (QED) is 0.688. The summed E-state index contributed by atoms with van der Waals surface area (Å²) in [6, 6.07) is 9.50. The van der Waals surface area contributed by atoms with E-state index in [1.807, 2.05) is 0 Å². The SMILES string of the molecule is Cn1ccc(-c2ccc(C(=O)NC3CNCCC3c3ccc(F)c(F)c3)c(F)c2)n1. The zero-order valence-corrected chi connectivity index (χ0v) is 16.3. The summed E-state index contributed by atoms with van der Waals surface area (Å²) in [7, 11) is 1.77. The average molecular weight is 414 g/mol. The van der Waals surface area contributed by atoms with E-state index in [1.54, 1.807) is 30.1 Å². The van der Waals surface area contributed by atoms with Crippen LogP contribution in [0.3, 0.4) is 0 Å². The minimum atomic E-state index is -0.924. The summed E-state index contributed by atoms with van der Waals surface area (Å²) in [6.45, 7) is 1.13. The first-order valence-corrected chi connectivity index (χ1v) is 9.68. The molecule has 1 aliphatic heterocycles. The van der Waals surface area contributed by atoms with Gasteiger partial charge in [0.15, 0.2) is 11.6 Å². The number of halogens is 3. The normalized spacial score (nSPS) is 18.9. The number of benzene rings is 2. The van der Waals surface area contributed by atoms with Crippen LogP contribution in [0.15, 0.2) is 48.7 Å². The van der Waals surface area contributed by atoms with Gasteiger partial charge in [-0.3, -0.25) is 9.48 Å². The van der Waals surface area contributed by atoms with Crippen molar-refractivity contribution in [1.29, 1.82) is 0 Å². The summed E-state index contributed by atoms with van der Waals surface area (Å²) in [5, 5.41) is 10.3. The highest BCUT2D eigenvalue weighted by atomic mass is 19.2. The molecule has 1 amide bonds. The Morgan fingerprint density at radius 3 is 2.63 bits per heavy atom. The summed E-state index contributed by atoms with van der Waals surface area (Å²) in [5.41, 5.74) is 1.71. The minimum absolute atomic E-state index is 0.0794. The van der Waals surface area contributed by atoms with E-state index in [2.05, 4.69) is 15.7 Å². The molecule has 4 rings (SSSR count). The predicted octanol–water partition coefficient (Wildman–Crippen LogP) is 3.38. The first-order chi connectivity index (χ1) is 14.4. The molecule has 1 aliphatic rings. The Hall–Kier alpha value is -3.13. The molecule has 0 saturated carbocycles. The third-order valence-corrected chi connectivity index (χ3v) is 5.39. The number of hydrogen-bond donors (Lipinski definition) is 2. The second-order valence-electron chi connectivity index (χ2n) is 7.42. The van der Waals surface area contributed by atoms with Crippen LogP contribution in [0.4, 0.5) is 13.2 Å². The van der Waals surface area contributed by atoms with E-state index in [-0.39, 0.29) is 17.5 Å². The third kappa shape index (κ3) is 4.09. The van der Waals surface area contributed by atoms with Crippen LogP contribution in [-0.4, -0.2) is 34.8 Å². The van der Waals surface area contributed by atoms with Crippen molar-refractivity contribution in [3.8, 4) is 11.3 Å². The molecular weight excluding hydrogens is 393 g/mol. The number of rotatable bonds is 4. The number of amides is 1. The molecule has 5 nitrogen and oxygen atoms in total. The molecule has 0 spiro atoms. The number of aromatic nitrogens is 2. The smallest absolute Gasteiger partial charge is 0.254 e. The highest BCUT2D eigenvalue weighted by Crippen LogP contribution is 2.28. The fourth-order valence-electron chi connectivity index (χ4n) is 3.83. The van der Waals surface area contributed by atoms with Gasteiger partial charge in [0, 0.05) is 37.3 Å². The van der Waals surface area contributed by atoms with Gasteiger partial charge in [-0.05, 0) is 48.9 Å². The topological polar surface area (TPSA) is 59.0 Å². The second-order valence-corrected chi connectivity index (χ2v) is 7.42. The van der Waals surface area contributed by atoms with Crippen LogP contribution in [0.25, 0.3) is 11.3 Å². The number of piperidine rings is 1. The lowest BCUT2D eigenvalue weighted by atomic mass is 9.85. The molecule has 0 radical (unpaired) electrons. The van der Waals surface area contributed by atoms with Crippen molar-refractivity contribution in [2.75, 3.05) is 13.1 Å². The van der Waals surface area contributed by atoms with Crippen LogP contribution < -0.4 is 10.6 Å². The van der Waals surface area contributed by atoms with Gasteiger partial charge in [0.05, 0.1) is 11.3 Å². The summed E-state index contributed by atoms with van der Waals surface area (Å²) >= 11 is 0. The Kier molecular flexibility index (Phi) is 5.59. The monoisotopic (exact) mass is 414 g/mol. The first-order valence-electron chi connectivity index (χ1n) is 9.68. The minimum Gasteiger partial charge on any atom is -0.347 e. The maximum Gasteiger partial charge on any atom is 0.254 e. The van der Waals surface area contributed by atoms with E-state index in [0.717, 1.165) is 12.1 Å². The van der Waals surface area contributed by atoms with Crippen LogP contribution in [0, 0.1) is 17.5 Å². The van der Waals surface area contributed by atoms with Crippen molar-refractivity contribution >= 4 is 5.91 Å². The number of nitrogens with zero attached hydrogens (tertiary/aromatic N) is 2. The molecule has 1 fully saturated rings. The van der Waals surface area contributed by atoms with Gasteiger partial charge in [0.2, 0.25) is 0 Å². The molecule has 1 saturated heterocycles. The highest BCUT2D eigenvalue weighted by molar-refractivity contribution is 5.95. The summed E-state index contributed by atoms with van der Waals surface area (Å²) < 4.78 is 43.3. The maximum absolute atomic E-state index is 14.7. The molecule has 2 heterocycles. The van der Waals surface area contributed by atoms with E-state index in [4.69, 9.17) is 0 Å². The van der Waals surface area contributed by atoms with Gasteiger partial charge in [-0.1, -0.05) is 12.1 Å². The summed E-state index contributed by atoms with van der Waals surface area (Å²) in [4.78, 5) is 12.8. The Balaban J connectivity index is 1.53. The molecule has 1 aromatic heterocycles. The Morgan fingerprint density at radius 1 is 1.10 bits per heavy atom. The van der Waals surface area contributed by atoms with Gasteiger partial charge in [-0.15, -0.1) is 0 Å². The Morgan fingerprint density at radius 2 is 1.93 bits per heavy atom. The molecular formula is C22H21F3N4O. The standard InChI is InChI=1S/C22H21F3N4O/c1-29-9-7-20(28-29)14-2-4-16(18(24)11-14)22(30)27-21-12-26-8-6-15(21)13-3-5-17(23)19(25)10-13/h2-5,7,9-11,15,21,26H,6,8,12H2,1H3,(H,27,30). The van der Waals surface area contributed by atoms with Crippen LogP contribution in [-0.2, 0) is 7.05 Å². The fourth-order valence-corrected chi connectivity index (χ4v) is 3.83. The molecule has 2 N–H and O–H groups in total. The summed E-state index contributed by atoms with van der Waals surface area (Å²) in [5.74, 6) is -3.25. The van der Waals surface area contributed by atoms with Crippen molar-refractivity contribution in [2.24, 2.45) is 7.05 Å². The zero-order valence-electron chi connectivity index (χ0n) is 16.3. The van der Waals surface area contributed by atoms with Gasteiger partial charge in [-0.25, -0.2) is 13.2 Å². The molecule has 0 aliphatic carbocycles. The molecule has 2 aromatic carbocycles. The number of carbonyl (C=O) groups excluding carboxylic acids is 1. The van der Waals surface area contributed by atoms with Crippen molar-refractivity contribution in [3.05, 3.63) is 77.2 Å². The number of carbonyl (C=O) groups is 1. The lowest BCUT2D eigenvalue weighted by Gasteiger charge is -2.33. The van der Waals surface area contributed by atoms with Crippen LogP contribution >= 0.6 is 0 Å².